The summed E-state index contributed by atoms with van der Waals surface area (Å²) in [6, 6.07) is 9.78. The van der Waals surface area contributed by atoms with Crippen molar-refractivity contribution in [3.05, 3.63) is 35.9 Å². The fraction of sp³-hybridized carbons (Fsp3) is 0.500. The lowest BCUT2D eigenvalue weighted by Crippen LogP contribution is -2.32. The zero-order valence-corrected chi connectivity index (χ0v) is 10.8. The van der Waals surface area contributed by atoms with Crippen molar-refractivity contribution >= 4 is 5.91 Å². The van der Waals surface area contributed by atoms with E-state index < -0.39 is 0 Å². The van der Waals surface area contributed by atoms with E-state index in [1.54, 1.807) is 0 Å². The number of hydroxylamine groups is 1. The van der Waals surface area contributed by atoms with Crippen LogP contribution in [0.1, 0.15) is 45.1 Å². The average molecular weight is 235 g/mol. The first kappa shape index (κ1) is 13.7. The Balaban J connectivity index is 2.59. The molecule has 2 unspecified atom stereocenters. The van der Waals surface area contributed by atoms with Crippen LogP contribution in [0.4, 0.5) is 0 Å². The molecule has 1 aromatic rings. The van der Waals surface area contributed by atoms with Gasteiger partial charge in [-0.15, -0.1) is 0 Å². The van der Waals surface area contributed by atoms with Gasteiger partial charge < -0.3 is 0 Å². The van der Waals surface area contributed by atoms with E-state index in [9.17, 15) is 4.79 Å². The molecule has 17 heavy (non-hydrogen) atoms. The first-order chi connectivity index (χ1) is 8.19. The number of benzene rings is 1. The van der Waals surface area contributed by atoms with Crippen molar-refractivity contribution in [2.24, 2.45) is 0 Å². The van der Waals surface area contributed by atoms with E-state index in [2.05, 4.69) is 5.48 Å². The topological polar surface area (TPSA) is 38.3 Å². The van der Waals surface area contributed by atoms with Gasteiger partial charge in [-0.25, -0.2) is 5.48 Å². The SMILES string of the molecule is CCC(C)ONC(=O)C(CC)c1ccccc1. The van der Waals surface area contributed by atoms with Crippen LogP contribution in [0.5, 0.6) is 0 Å². The molecule has 94 valence electrons. The highest BCUT2D eigenvalue weighted by molar-refractivity contribution is 5.82. The van der Waals surface area contributed by atoms with Crippen LogP contribution in [0.2, 0.25) is 0 Å². The Morgan fingerprint density at radius 1 is 1.24 bits per heavy atom. The van der Waals surface area contributed by atoms with Crippen LogP contribution in [-0.2, 0) is 9.63 Å². The molecule has 0 saturated carbocycles. The summed E-state index contributed by atoms with van der Waals surface area (Å²) in [4.78, 5) is 17.2. The van der Waals surface area contributed by atoms with E-state index in [4.69, 9.17) is 4.84 Å². The van der Waals surface area contributed by atoms with Crippen molar-refractivity contribution in [2.75, 3.05) is 0 Å². The van der Waals surface area contributed by atoms with E-state index in [1.807, 2.05) is 51.1 Å². The minimum Gasteiger partial charge on any atom is -0.272 e. The largest absolute Gasteiger partial charge is 0.272 e. The summed E-state index contributed by atoms with van der Waals surface area (Å²) in [6.45, 7) is 5.95. The zero-order valence-electron chi connectivity index (χ0n) is 10.8. The lowest BCUT2D eigenvalue weighted by atomic mass is 9.96. The van der Waals surface area contributed by atoms with Crippen molar-refractivity contribution in [3.8, 4) is 0 Å². The van der Waals surface area contributed by atoms with Crippen LogP contribution >= 0.6 is 0 Å². The summed E-state index contributed by atoms with van der Waals surface area (Å²) in [5.74, 6) is -0.209. The second-order valence-electron chi connectivity index (χ2n) is 4.17. The summed E-state index contributed by atoms with van der Waals surface area (Å²) < 4.78 is 0. The lowest BCUT2D eigenvalue weighted by Gasteiger charge is -2.17. The second-order valence-corrected chi connectivity index (χ2v) is 4.17. The zero-order chi connectivity index (χ0) is 12.7. The molecule has 1 rings (SSSR count). The summed E-state index contributed by atoms with van der Waals surface area (Å²) >= 11 is 0. The molecule has 1 amide bonds. The molecule has 0 aromatic heterocycles. The molecule has 3 nitrogen and oxygen atoms in total. The Kier molecular flexibility index (Phi) is 5.70. The molecule has 0 spiro atoms. The van der Waals surface area contributed by atoms with Crippen LogP contribution in [0.25, 0.3) is 0 Å². The fourth-order valence-corrected chi connectivity index (χ4v) is 1.57. The van der Waals surface area contributed by atoms with E-state index in [0.717, 1.165) is 18.4 Å². The molecule has 0 saturated heterocycles. The summed E-state index contributed by atoms with van der Waals surface area (Å²) in [6.07, 6.45) is 1.69. The van der Waals surface area contributed by atoms with Crippen LogP contribution in [0, 0.1) is 0 Å². The maximum atomic E-state index is 12.0. The summed E-state index contributed by atoms with van der Waals surface area (Å²) in [5, 5.41) is 0. The third-order valence-electron chi connectivity index (χ3n) is 2.86. The highest BCUT2D eigenvalue weighted by Gasteiger charge is 2.18. The van der Waals surface area contributed by atoms with Gasteiger partial charge in [-0.1, -0.05) is 44.2 Å². The predicted molar refractivity (Wildman–Crippen MR) is 68.5 cm³/mol. The number of nitrogens with one attached hydrogen (secondary N) is 1. The maximum Gasteiger partial charge on any atom is 0.251 e. The number of amides is 1. The van der Waals surface area contributed by atoms with E-state index in [0.29, 0.717) is 0 Å². The van der Waals surface area contributed by atoms with Crippen molar-refractivity contribution < 1.29 is 9.63 Å². The Hall–Kier alpha value is -1.35. The average Bonchev–Trinajstić information content (AvgIpc) is 2.38. The Bertz CT molecular complexity index is 337. The molecule has 1 N–H and O–H groups in total. The van der Waals surface area contributed by atoms with Crippen LogP contribution in [0.15, 0.2) is 30.3 Å². The molecule has 0 bridgehead atoms. The van der Waals surface area contributed by atoms with Gasteiger partial charge >= 0.3 is 0 Å². The van der Waals surface area contributed by atoms with Crippen LogP contribution in [-0.4, -0.2) is 12.0 Å². The van der Waals surface area contributed by atoms with E-state index >= 15 is 0 Å². The standard InChI is InChI=1S/C14H21NO2/c1-4-11(3)17-15-14(16)13(5-2)12-9-7-6-8-10-12/h6-11,13H,4-5H2,1-3H3,(H,15,16). The van der Waals surface area contributed by atoms with Crippen LogP contribution in [0.3, 0.4) is 0 Å². The minimum atomic E-state index is -0.139. The normalized spacial score (nSPS) is 14.1. The number of carbonyl (C=O) groups excluding carboxylic acids is 1. The number of carbonyl (C=O) groups is 1. The predicted octanol–water partition coefficient (Wildman–Crippen LogP) is 3.03. The maximum absolute atomic E-state index is 12.0. The van der Waals surface area contributed by atoms with E-state index in [1.165, 1.54) is 0 Å². The lowest BCUT2D eigenvalue weighted by molar-refractivity contribution is -0.139. The van der Waals surface area contributed by atoms with Crippen molar-refractivity contribution in [2.45, 2.75) is 45.6 Å². The van der Waals surface area contributed by atoms with Crippen molar-refractivity contribution in [1.82, 2.24) is 5.48 Å². The van der Waals surface area contributed by atoms with Gasteiger partial charge in [0.15, 0.2) is 0 Å². The van der Waals surface area contributed by atoms with Gasteiger partial charge in [0.25, 0.3) is 5.91 Å². The summed E-state index contributed by atoms with van der Waals surface area (Å²) in [5.41, 5.74) is 3.57. The minimum absolute atomic E-state index is 0.0484. The molecule has 3 heteroatoms. The highest BCUT2D eigenvalue weighted by Crippen LogP contribution is 2.19. The van der Waals surface area contributed by atoms with Gasteiger partial charge in [0.1, 0.15) is 0 Å². The second kappa shape index (κ2) is 7.07. The number of hydrogen-bond donors (Lipinski definition) is 1. The molecule has 1 aromatic carbocycles. The van der Waals surface area contributed by atoms with Crippen molar-refractivity contribution in [1.29, 1.82) is 0 Å². The van der Waals surface area contributed by atoms with Gasteiger partial charge in [0, 0.05) is 0 Å². The molecule has 0 fully saturated rings. The van der Waals surface area contributed by atoms with Gasteiger partial charge in [0.2, 0.25) is 0 Å². The fourth-order valence-electron chi connectivity index (χ4n) is 1.57. The molecule has 0 aliphatic rings. The molecular formula is C14H21NO2. The smallest absolute Gasteiger partial charge is 0.251 e. The molecular weight excluding hydrogens is 214 g/mol. The first-order valence-electron chi connectivity index (χ1n) is 6.19. The molecule has 0 aliphatic heterocycles. The summed E-state index contributed by atoms with van der Waals surface area (Å²) in [7, 11) is 0. The van der Waals surface area contributed by atoms with E-state index in [-0.39, 0.29) is 17.9 Å². The number of rotatable bonds is 6. The van der Waals surface area contributed by atoms with Gasteiger partial charge in [0.05, 0.1) is 12.0 Å². The Morgan fingerprint density at radius 3 is 2.41 bits per heavy atom. The molecule has 0 radical (unpaired) electrons. The molecule has 0 aliphatic carbocycles. The monoisotopic (exact) mass is 235 g/mol. The Morgan fingerprint density at radius 2 is 1.88 bits per heavy atom. The molecule has 0 heterocycles. The third kappa shape index (κ3) is 4.19. The first-order valence-corrected chi connectivity index (χ1v) is 6.19. The van der Waals surface area contributed by atoms with Gasteiger partial charge in [-0.2, -0.15) is 0 Å². The molecule has 2 atom stereocenters. The quantitative estimate of drug-likeness (QED) is 0.770. The van der Waals surface area contributed by atoms with Crippen molar-refractivity contribution in [3.63, 3.8) is 0 Å². The number of hydrogen-bond acceptors (Lipinski definition) is 2. The van der Waals surface area contributed by atoms with Gasteiger partial charge in [-0.05, 0) is 25.3 Å². The third-order valence-corrected chi connectivity index (χ3v) is 2.86. The Labute approximate surface area is 103 Å². The van der Waals surface area contributed by atoms with Crippen LogP contribution < -0.4 is 5.48 Å². The highest BCUT2D eigenvalue weighted by atomic mass is 16.7. The van der Waals surface area contributed by atoms with Gasteiger partial charge in [-0.3, -0.25) is 9.63 Å².